The molecule has 27 heavy (non-hydrogen) atoms. The van der Waals surface area contributed by atoms with Gasteiger partial charge in [-0.05, 0) is 36.6 Å². The van der Waals surface area contributed by atoms with Crippen molar-refractivity contribution in [3.05, 3.63) is 66.0 Å². The zero-order chi connectivity index (χ0) is 17.2. The van der Waals surface area contributed by atoms with Gasteiger partial charge in [-0.3, -0.25) is 14.7 Å². The van der Waals surface area contributed by atoms with E-state index < -0.39 is 0 Å². The second-order valence-electron chi connectivity index (χ2n) is 7.38. The van der Waals surface area contributed by atoms with Crippen LogP contribution < -0.4 is 0 Å². The van der Waals surface area contributed by atoms with Gasteiger partial charge in [-0.25, -0.2) is 0 Å². The predicted molar refractivity (Wildman–Crippen MR) is 112 cm³/mol. The van der Waals surface area contributed by atoms with Gasteiger partial charge in [0.1, 0.15) is 0 Å². The fraction of sp³-hybridized carbons (Fsp3) is 0.429. The van der Waals surface area contributed by atoms with Gasteiger partial charge in [-0.1, -0.05) is 36.4 Å². The van der Waals surface area contributed by atoms with Crippen LogP contribution in [0.4, 0.5) is 0 Å². The molecule has 6 heteroatoms. The van der Waals surface area contributed by atoms with Crippen LogP contribution in [0.1, 0.15) is 23.6 Å². The standard InChI is InChI=1S/C21H25N3O.2ClH/c1-23-13-18-14-24(20(25)10-9-16-6-5-11-22-12-16)15-19(18)21(23)17-7-3-2-4-8-17;;/h2-8,11-12,18-19,21H,9-10,13-15H2,1H3;2*1H/t18-,19+,21-;;/m0../s1. The number of benzene rings is 1. The molecule has 146 valence electrons. The Kier molecular flexibility index (Phi) is 7.66. The van der Waals surface area contributed by atoms with Crippen molar-refractivity contribution in [1.82, 2.24) is 14.8 Å². The van der Waals surface area contributed by atoms with Gasteiger partial charge in [0.2, 0.25) is 5.91 Å². The number of amides is 1. The highest BCUT2D eigenvalue weighted by Crippen LogP contribution is 2.44. The lowest BCUT2D eigenvalue weighted by Crippen LogP contribution is -2.33. The summed E-state index contributed by atoms with van der Waals surface area (Å²) < 4.78 is 0. The number of halogens is 2. The Bertz CT molecular complexity index is 729. The normalized spacial score (nSPS) is 24.0. The summed E-state index contributed by atoms with van der Waals surface area (Å²) in [6, 6.07) is 15.1. The Labute approximate surface area is 173 Å². The first-order chi connectivity index (χ1) is 12.2. The molecule has 2 saturated heterocycles. The maximum absolute atomic E-state index is 12.7. The number of rotatable bonds is 4. The molecule has 4 nitrogen and oxygen atoms in total. The number of aromatic nitrogens is 1. The number of pyridine rings is 1. The van der Waals surface area contributed by atoms with E-state index in [1.807, 2.05) is 18.3 Å². The van der Waals surface area contributed by atoms with Crippen LogP contribution in [0.15, 0.2) is 54.9 Å². The largest absolute Gasteiger partial charge is 0.342 e. The average molecular weight is 408 g/mol. The van der Waals surface area contributed by atoms with Crippen molar-refractivity contribution in [2.45, 2.75) is 18.9 Å². The summed E-state index contributed by atoms with van der Waals surface area (Å²) in [4.78, 5) is 21.3. The molecule has 3 heterocycles. The SMILES string of the molecule is CN1C[C@H]2CN(C(=O)CCc3cccnc3)C[C@H]2[C@@H]1c1ccccc1.Cl.Cl. The summed E-state index contributed by atoms with van der Waals surface area (Å²) >= 11 is 0. The number of fused-ring (bicyclic) bond motifs is 1. The fourth-order valence-corrected chi connectivity index (χ4v) is 4.57. The minimum Gasteiger partial charge on any atom is -0.342 e. The molecule has 1 aromatic heterocycles. The van der Waals surface area contributed by atoms with Gasteiger partial charge in [-0.2, -0.15) is 0 Å². The molecule has 3 atom stereocenters. The lowest BCUT2D eigenvalue weighted by Gasteiger charge is -2.27. The monoisotopic (exact) mass is 407 g/mol. The van der Waals surface area contributed by atoms with E-state index in [1.165, 1.54) is 5.56 Å². The molecule has 2 fully saturated rings. The zero-order valence-electron chi connectivity index (χ0n) is 15.5. The molecule has 4 rings (SSSR count). The van der Waals surface area contributed by atoms with Gasteiger partial charge in [0.05, 0.1) is 0 Å². The van der Waals surface area contributed by atoms with E-state index in [9.17, 15) is 4.79 Å². The van der Waals surface area contributed by atoms with Crippen molar-refractivity contribution in [3.8, 4) is 0 Å². The third-order valence-corrected chi connectivity index (χ3v) is 5.74. The van der Waals surface area contributed by atoms with Crippen molar-refractivity contribution >= 4 is 30.7 Å². The molecular weight excluding hydrogens is 381 g/mol. The Morgan fingerprint density at radius 2 is 1.85 bits per heavy atom. The molecule has 1 amide bonds. The van der Waals surface area contributed by atoms with Crippen molar-refractivity contribution in [2.75, 3.05) is 26.7 Å². The van der Waals surface area contributed by atoms with Gasteiger partial charge in [-0.15, -0.1) is 24.8 Å². The number of hydrogen-bond donors (Lipinski definition) is 0. The van der Waals surface area contributed by atoms with E-state index in [0.717, 1.165) is 31.6 Å². The van der Waals surface area contributed by atoms with Crippen LogP contribution in [0.5, 0.6) is 0 Å². The average Bonchev–Trinajstić information content (AvgIpc) is 3.18. The minimum absolute atomic E-state index is 0. The molecule has 0 radical (unpaired) electrons. The van der Waals surface area contributed by atoms with Gasteiger partial charge >= 0.3 is 0 Å². The van der Waals surface area contributed by atoms with Gasteiger partial charge in [0, 0.05) is 50.4 Å². The number of carbonyl (C=O) groups is 1. The number of hydrogen-bond acceptors (Lipinski definition) is 3. The van der Waals surface area contributed by atoms with Crippen molar-refractivity contribution in [3.63, 3.8) is 0 Å². The van der Waals surface area contributed by atoms with Crippen LogP contribution in [-0.4, -0.2) is 47.4 Å². The van der Waals surface area contributed by atoms with E-state index in [0.29, 0.717) is 24.3 Å². The van der Waals surface area contributed by atoms with Crippen molar-refractivity contribution in [2.24, 2.45) is 11.8 Å². The van der Waals surface area contributed by atoms with Crippen LogP contribution in [0.25, 0.3) is 0 Å². The highest BCUT2D eigenvalue weighted by molar-refractivity contribution is 5.85. The van der Waals surface area contributed by atoms with Crippen LogP contribution in [0, 0.1) is 11.8 Å². The summed E-state index contributed by atoms with van der Waals surface area (Å²) in [6.45, 7) is 2.88. The quantitative estimate of drug-likeness (QED) is 0.776. The number of likely N-dealkylation sites (tertiary alicyclic amines) is 2. The molecule has 0 bridgehead atoms. The topological polar surface area (TPSA) is 36.4 Å². The highest BCUT2D eigenvalue weighted by Gasteiger charge is 2.46. The smallest absolute Gasteiger partial charge is 0.222 e. The Balaban J connectivity index is 0.00000131. The summed E-state index contributed by atoms with van der Waals surface area (Å²) in [5.41, 5.74) is 2.51. The number of nitrogens with zero attached hydrogens (tertiary/aromatic N) is 3. The predicted octanol–water partition coefficient (Wildman–Crippen LogP) is 3.62. The molecule has 0 unspecified atom stereocenters. The first kappa shape index (κ1) is 21.7. The number of carbonyl (C=O) groups excluding carboxylic acids is 1. The van der Waals surface area contributed by atoms with Crippen LogP contribution in [0.2, 0.25) is 0 Å². The lowest BCUT2D eigenvalue weighted by molar-refractivity contribution is -0.130. The maximum Gasteiger partial charge on any atom is 0.222 e. The van der Waals surface area contributed by atoms with Crippen LogP contribution in [0.3, 0.4) is 0 Å². The molecule has 0 aliphatic carbocycles. The van der Waals surface area contributed by atoms with Crippen molar-refractivity contribution in [1.29, 1.82) is 0 Å². The van der Waals surface area contributed by atoms with E-state index in [2.05, 4.69) is 52.2 Å². The van der Waals surface area contributed by atoms with E-state index in [1.54, 1.807) is 6.20 Å². The zero-order valence-corrected chi connectivity index (χ0v) is 17.2. The second-order valence-corrected chi connectivity index (χ2v) is 7.38. The van der Waals surface area contributed by atoms with Crippen molar-refractivity contribution < 1.29 is 4.79 Å². The third-order valence-electron chi connectivity index (χ3n) is 5.74. The molecular formula is C21H27Cl2N3O. The summed E-state index contributed by atoms with van der Waals surface area (Å²) in [7, 11) is 2.21. The van der Waals surface area contributed by atoms with Gasteiger partial charge in [0.25, 0.3) is 0 Å². The van der Waals surface area contributed by atoms with Crippen LogP contribution in [-0.2, 0) is 11.2 Å². The van der Waals surface area contributed by atoms with Gasteiger partial charge < -0.3 is 4.90 Å². The molecule has 2 aliphatic rings. The fourth-order valence-electron chi connectivity index (χ4n) is 4.57. The Morgan fingerprint density at radius 1 is 1.07 bits per heavy atom. The molecule has 0 saturated carbocycles. The third kappa shape index (κ3) is 4.63. The second kappa shape index (κ2) is 9.54. The molecule has 2 aromatic rings. The number of aryl methyl sites for hydroxylation is 1. The van der Waals surface area contributed by atoms with E-state index in [4.69, 9.17) is 0 Å². The maximum atomic E-state index is 12.7. The Morgan fingerprint density at radius 3 is 2.56 bits per heavy atom. The molecule has 0 N–H and O–H groups in total. The summed E-state index contributed by atoms with van der Waals surface area (Å²) in [6.07, 6.45) is 4.98. The first-order valence-corrected chi connectivity index (χ1v) is 9.14. The lowest BCUT2D eigenvalue weighted by atomic mass is 9.90. The Hall–Kier alpha value is -1.62. The highest BCUT2D eigenvalue weighted by atomic mass is 35.5. The molecule has 1 aromatic carbocycles. The minimum atomic E-state index is 0. The van der Waals surface area contributed by atoms with E-state index >= 15 is 0 Å². The molecule has 0 spiro atoms. The van der Waals surface area contributed by atoms with Gasteiger partial charge in [0.15, 0.2) is 0 Å². The van der Waals surface area contributed by atoms with Crippen LogP contribution >= 0.6 is 24.8 Å². The molecule has 2 aliphatic heterocycles. The summed E-state index contributed by atoms with van der Waals surface area (Å²) in [5, 5.41) is 0. The summed E-state index contributed by atoms with van der Waals surface area (Å²) in [5.74, 6) is 1.43. The van der Waals surface area contributed by atoms with E-state index in [-0.39, 0.29) is 30.7 Å². The first-order valence-electron chi connectivity index (χ1n) is 9.14.